The molecule has 0 aliphatic carbocycles. The number of carbonyl (C=O) groups excluding carboxylic acids is 1. The average molecular weight is 216 g/mol. The van der Waals surface area contributed by atoms with Crippen LogP contribution >= 0.6 is 0 Å². The zero-order valence-electron chi connectivity index (χ0n) is 10.5. The Labute approximate surface area is 92.8 Å². The highest BCUT2D eigenvalue weighted by molar-refractivity contribution is 5.81. The van der Waals surface area contributed by atoms with Crippen molar-refractivity contribution in [1.29, 1.82) is 0 Å². The lowest BCUT2D eigenvalue weighted by Gasteiger charge is -2.18. The second-order valence-electron chi connectivity index (χ2n) is 4.06. The Morgan fingerprint density at radius 3 is 2.33 bits per heavy atom. The summed E-state index contributed by atoms with van der Waals surface area (Å²) in [5.74, 6) is 0.0358. The number of rotatable bonds is 7. The third-order valence-electron chi connectivity index (χ3n) is 1.99. The first-order chi connectivity index (χ1) is 6.97. The molecular weight excluding hydrogens is 192 g/mol. The van der Waals surface area contributed by atoms with Gasteiger partial charge in [0.1, 0.15) is 0 Å². The molecule has 0 heterocycles. The van der Waals surface area contributed by atoms with Crippen molar-refractivity contribution >= 4 is 5.91 Å². The monoisotopic (exact) mass is 216 g/mol. The van der Waals surface area contributed by atoms with Gasteiger partial charge in [-0.15, -0.1) is 0 Å². The van der Waals surface area contributed by atoms with E-state index in [1.165, 1.54) is 0 Å². The molecule has 0 bridgehead atoms. The maximum atomic E-state index is 11.5. The predicted molar refractivity (Wildman–Crippen MR) is 61.8 cm³/mol. The molecule has 0 saturated carbocycles. The standard InChI is InChI=1S/C11H24N2O2/c1-6-15-9(4)7-12-10(5)11(14)13-8(2)3/h8-10,12H,6-7H2,1-5H3,(H,13,14). The summed E-state index contributed by atoms with van der Waals surface area (Å²) in [5, 5.41) is 5.99. The molecule has 0 fully saturated rings. The fourth-order valence-electron chi connectivity index (χ4n) is 1.19. The van der Waals surface area contributed by atoms with Crippen molar-refractivity contribution in [3.8, 4) is 0 Å². The number of hydrogen-bond acceptors (Lipinski definition) is 3. The van der Waals surface area contributed by atoms with Gasteiger partial charge in [-0.2, -0.15) is 0 Å². The van der Waals surface area contributed by atoms with Gasteiger partial charge in [0.25, 0.3) is 0 Å². The SMILES string of the molecule is CCOC(C)CNC(C)C(=O)NC(C)C. The zero-order valence-corrected chi connectivity index (χ0v) is 10.5. The van der Waals surface area contributed by atoms with Crippen LogP contribution in [0, 0.1) is 0 Å². The van der Waals surface area contributed by atoms with Crippen LogP contribution in [-0.4, -0.2) is 37.2 Å². The van der Waals surface area contributed by atoms with Gasteiger partial charge in [-0.25, -0.2) is 0 Å². The molecule has 0 radical (unpaired) electrons. The lowest BCUT2D eigenvalue weighted by molar-refractivity contribution is -0.123. The summed E-state index contributed by atoms with van der Waals surface area (Å²) in [6.45, 7) is 11.1. The van der Waals surface area contributed by atoms with Crippen LogP contribution in [0.25, 0.3) is 0 Å². The van der Waals surface area contributed by atoms with Crippen LogP contribution < -0.4 is 10.6 Å². The number of amides is 1. The molecule has 0 aliphatic rings. The molecule has 15 heavy (non-hydrogen) atoms. The third-order valence-corrected chi connectivity index (χ3v) is 1.99. The van der Waals surface area contributed by atoms with E-state index in [1.54, 1.807) is 0 Å². The van der Waals surface area contributed by atoms with Gasteiger partial charge in [-0.3, -0.25) is 4.79 Å². The average Bonchev–Trinajstić information content (AvgIpc) is 2.13. The Morgan fingerprint density at radius 2 is 1.87 bits per heavy atom. The van der Waals surface area contributed by atoms with E-state index in [0.29, 0.717) is 13.2 Å². The van der Waals surface area contributed by atoms with Crippen LogP contribution in [0.4, 0.5) is 0 Å². The molecule has 0 rings (SSSR count). The predicted octanol–water partition coefficient (Wildman–Crippen LogP) is 0.914. The van der Waals surface area contributed by atoms with E-state index in [4.69, 9.17) is 4.74 Å². The van der Waals surface area contributed by atoms with Gasteiger partial charge < -0.3 is 15.4 Å². The highest BCUT2D eigenvalue weighted by Gasteiger charge is 2.13. The topological polar surface area (TPSA) is 50.4 Å². The van der Waals surface area contributed by atoms with Crippen LogP contribution in [-0.2, 0) is 9.53 Å². The Hall–Kier alpha value is -0.610. The van der Waals surface area contributed by atoms with Crippen molar-refractivity contribution in [2.45, 2.75) is 52.8 Å². The smallest absolute Gasteiger partial charge is 0.237 e. The molecule has 90 valence electrons. The van der Waals surface area contributed by atoms with Crippen molar-refractivity contribution in [1.82, 2.24) is 10.6 Å². The highest BCUT2D eigenvalue weighted by Crippen LogP contribution is 1.90. The van der Waals surface area contributed by atoms with Gasteiger partial charge in [0.15, 0.2) is 0 Å². The second kappa shape index (κ2) is 7.65. The van der Waals surface area contributed by atoms with E-state index in [9.17, 15) is 4.79 Å². The van der Waals surface area contributed by atoms with Crippen LogP contribution in [0.1, 0.15) is 34.6 Å². The molecule has 0 spiro atoms. The second-order valence-corrected chi connectivity index (χ2v) is 4.06. The summed E-state index contributed by atoms with van der Waals surface area (Å²) in [7, 11) is 0. The van der Waals surface area contributed by atoms with Crippen LogP contribution in [0.15, 0.2) is 0 Å². The maximum absolute atomic E-state index is 11.5. The molecular formula is C11H24N2O2. The minimum absolute atomic E-state index is 0.0358. The molecule has 1 amide bonds. The van der Waals surface area contributed by atoms with Gasteiger partial charge in [0.2, 0.25) is 5.91 Å². The highest BCUT2D eigenvalue weighted by atomic mass is 16.5. The number of hydrogen-bond donors (Lipinski definition) is 2. The van der Waals surface area contributed by atoms with Gasteiger partial charge in [0, 0.05) is 19.2 Å². The van der Waals surface area contributed by atoms with Gasteiger partial charge >= 0.3 is 0 Å². The maximum Gasteiger partial charge on any atom is 0.237 e. The summed E-state index contributed by atoms with van der Waals surface area (Å²) in [6.07, 6.45) is 0.143. The Kier molecular flexibility index (Phi) is 7.34. The number of ether oxygens (including phenoxy) is 1. The lowest BCUT2D eigenvalue weighted by Crippen LogP contribution is -2.46. The number of carbonyl (C=O) groups is 1. The normalized spacial score (nSPS) is 15.1. The number of nitrogens with one attached hydrogen (secondary N) is 2. The molecule has 2 unspecified atom stereocenters. The van der Waals surface area contributed by atoms with Crippen LogP contribution in [0.2, 0.25) is 0 Å². The minimum atomic E-state index is -0.171. The molecule has 4 heteroatoms. The van der Waals surface area contributed by atoms with Gasteiger partial charge in [-0.05, 0) is 34.6 Å². The van der Waals surface area contributed by atoms with Crippen molar-refractivity contribution in [2.24, 2.45) is 0 Å². The van der Waals surface area contributed by atoms with Crippen molar-refractivity contribution < 1.29 is 9.53 Å². The summed E-state index contributed by atoms with van der Waals surface area (Å²) in [6, 6.07) is 0.0152. The molecule has 0 aromatic rings. The molecule has 2 N–H and O–H groups in total. The van der Waals surface area contributed by atoms with E-state index >= 15 is 0 Å². The van der Waals surface area contributed by atoms with E-state index in [-0.39, 0.29) is 24.1 Å². The van der Waals surface area contributed by atoms with Gasteiger partial charge in [-0.1, -0.05) is 0 Å². The third kappa shape index (κ3) is 7.33. The Balaban J connectivity index is 3.72. The molecule has 4 nitrogen and oxygen atoms in total. The summed E-state index contributed by atoms with van der Waals surface area (Å²) in [5.41, 5.74) is 0. The molecule has 0 aliphatic heterocycles. The fraction of sp³-hybridized carbons (Fsp3) is 0.909. The molecule has 0 aromatic heterocycles. The van der Waals surface area contributed by atoms with Crippen molar-refractivity contribution in [3.63, 3.8) is 0 Å². The minimum Gasteiger partial charge on any atom is -0.377 e. The van der Waals surface area contributed by atoms with E-state index < -0.39 is 0 Å². The molecule has 2 atom stereocenters. The summed E-state index contributed by atoms with van der Waals surface area (Å²) >= 11 is 0. The first-order valence-electron chi connectivity index (χ1n) is 5.62. The van der Waals surface area contributed by atoms with E-state index in [0.717, 1.165) is 0 Å². The van der Waals surface area contributed by atoms with Gasteiger partial charge in [0.05, 0.1) is 12.1 Å². The van der Waals surface area contributed by atoms with E-state index in [1.807, 2.05) is 34.6 Å². The van der Waals surface area contributed by atoms with Crippen LogP contribution in [0.5, 0.6) is 0 Å². The fourth-order valence-corrected chi connectivity index (χ4v) is 1.19. The van der Waals surface area contributed by atoms with E-state index in [2.05, 4.69) is 10.6 Å². The summed E-state index contributed by atoms with van der Waals surface area (Å²) < 4.78 is 5.36. The van der Waals surface area contributed by atoms with Crippen LogP contribution in [0.3, 0.4) is 0 Å². The van der Waals surface area contributed by atoms with Crippen molar-refractivity contribution in [2.75, 3.05) is 13.2 Å². The zero-order chi connectivity index (χ0) is 11.8. The first-order valence-corrected chi connectivity index (χ1v) is 5.62. The molecule has 0 aromatic carbocycles. The summed E-state index contributed by atoms with van der Waals surface area (Å²) in [4.78, 5) is 11.5. The Bertz CT molecular complexity index is 183. The lowest BCUT2D eigenvalue weighted by atomic mass is 10.2. The quantitative estimate of drug-likeness (QED) is 0.665. The van der Waals surface area contributed by atoms with Crippen molar-refractivity contribution in [3.05, 3.63) is 0 Å². The largest absolute Gasteiger partial charge is 0.377 e. The Morgan fingerprint density at radius 1 is 1.27 bits per heavy atom. The first kappa shape index (κ1) is 14.4. The molecule has 0 saturated heterocycles.